The van der Waals surface area contributed by atoms with Crippen LogP contribution in [0.3, 0.4) is 0 Å². The molecule has 12 heteroatoms. The molecule has 0 aromatic heterocycles. The van der Waals surface area contributed by atoms with Crippen molar-refractivity contribution < 1.29 is 32.2 Å². The number of anilines is 2. The Hall–Kier alpha value is -3.87. The summed E-state index contributed by atoms with van der Waals surface area (Å²) in [6, 6.07) is 19.6. The molecule has 0 atom stereocenters. The highest BCUT2D eigenvalue weighted by atomic mass is 32.2. The molecule has 42 heavy (non-hydrogen) atoms. The minimum Gasteiger partial charge on any atom is -0.484 e. The van der Waals surface area contributed by atoms with Gasteiger partial charge in [-0.1, -0.05) is 66.4 Å². The molecule has 7 nitrogen and oxygen atoms in total. The molecule has 2 amide bonds. The molecule has 1 N–H and O–H groups in total. The van der Waals surface area contributed by atoms with Gasteiger partial charge in [-0.25, -0.2) is 0 Å². The molecule has 5 rings (SSSR count). The third kappa shape index (κ3) is 7.30. The molecule has 218 valence electrons. The first kappa shape index (κ1) is 29.6. The number of hydrogen-bond donors (Lipinski definition) is 1. The van der Waals surface area contributed by atoms with Crippen LogP contribution in [-0.4, -0.2) is 53.9 Å². The van der Waals surface area contributed by atoms with Gasteiger partial charge in [-0.2, -0.15) is 13.2 Å². The molecule has 0 spiro atoms. The maximum atomic E-state index is 13.4. The van der Waals surface area contributed by atoms with E-state index in [0.29, 0.717) is 53.5 Å². The number of benzene rings is 3. The van der Waals surface area contributed by atoms with Crippen LogP contribution in [0.15, 0.2) is 77.7 Å². The summed E-state index contributed by atoms with van der Waals surface area (Å²) in [5, 5.41) is 2.57. The van der Waals surface area contributed by atoms with Crippen LogP contribution < -0.4 is 15.0 Å². The van der Waals surface area contributed by atoms with E-state index in [9.17, 15) is 22.8 Å². The van der Waals surface area contributed by atoms with E-state index in [-0.39, 0.29) is 11.6 Å². The molecule has 2 saturated heterocycles. The zero-order chi connectivity index (χ0) is 29.7. The molecule has 2 fully saturated rings. The van der Waals surface area contributed by atoms with Gasteiger partial charge < -0.3 is 19.7 Å². The number of carbonyl (C=O) groups is 2. The van der Waals surface area contributed by atoms with Gasteiger partial charge in [-0.15, -0.1) is 0 Å². The van der Waals surface area contributed by atoms with Crippen LogP contribution in [0.1, 0.15) is 16.7 Å². The number of ether oxygens (including phenoxy) is 2. The molecular formula is C30H26F3N3O4S2. The first-order valence-electron chi connectivity index (χ1n) is 13.0. The fraction of sp³-hybridized carbons (Fsp3) is 0.233. The van der Waals surface area contributed by atoms with Gasteiger partial charge in [0.15, 0.2) is 6.61 Å². The van der Waals surface area contributed by atoms with Crippen molar-refractivity contribution in [1.29, 1.82) is 0 Å². The van der Waals surface area contributed by atoms with E-state index in [4.69, 9.17) is 21.7 Å². The second kappa shape index (κ2) is 13.0. The van der Waals surface area contributed by atoms with Crippen LogP contribution in [0.4, 0.5) is 24.5 Å². The Labute approximate surface area is 250 Å². The molecule has 2 aliphatic rings. The molecule has 0 saturated carbocycles. The summed E-state index contributed by atoms with van der Waals surface area (Å²) in [6.45, 7) is 1.86. The average molecular weight is 614 g/mol. The Balaban J connectivity index is 1.20. The highest BCUT2D eigenvalue weighted by Gasteiger charge is 2.33. The third-order valence-electron chi connectivity index (χ3n) is 6.55. The van der Waals surface area contributed by atoms with Gasteiger partial charge in [0, 0.05) is 13.1 Å². The summed E-state index contributed by atoms with van der Waals surface area (Å²) in [5.74, 6) is -0.386. The Morgan fingerprint density at radius 1 is 1.05 bits per heavy atom. The van der Waals surface area contributed by atoms with Gasteiger partial charge in [0.05, 0.1) is 41.6 Å². The van der Waals surface area contributed by atoms with E-state index in [1.807, 2.05) is 35.2 Å². The van der Waals surface area contributed by atoms with Crippen molar-refractivity contribution in [2.75, 3.05) is 43.1 Å². The van der Waals surface area contributed by atoms with Crippen molar-refractivity contribution >= 4 is 57.6 Å². The smallest absolute Gasteiger partial charge is 0.416 e. The summed E-state index contributed by atoms with van der Waals surface area (Å²) in [5.41, 5.74) is 1.40. The molecule has 3 aromatic rings. The second-order valence-corrected chi connectivity index (χ2v) is 11.2. The number of nitrogens with zero attached hydrogens (tertiary/aromatic N) is 2. The van der Waals surface area contributed by atoms with Crippen molar-refractivity contribution in [1.82, 2.24) is 4.90 Å². The predicted octanol–water partition coefficient (Wildman–Crippen LogP) is 5.96. The largest absolute Gasteiger partial charge is 0.484 e. The predicted molar refractivity (Wildman–Crippen MR) is 160 cm³/mol. The Kier molecular flexibility index (Phi) is 9.15. The van der Waals surface area contributed by atoms with Gasteiger partial charge in [-0.05, 0) is 47.5 Å². The van der Waals surface area contributed by atoms with Crippen molar-refractivity contribution in [3.05, 3.63) is 94.4 Å². The Morgan fingerprint density at radius 2 is 1.76 bits per heavy atom. The number of halogens is 3. The van der Waals surface area contributed by atoms with E-state index >= 15 is 0 Å². The van der Waals surface area contributed by atoms with Crippen LogP contribution in [0.5, 0.6) is 5.75 Å². The fourth-order valence-electron chi connectivity index (χ4n) is 4.44. The second-order valence-electron chi connectivity index (χ2n) is 9.49. The zero-order valence-electron chi connectivity index (χ0n) is 22.2. The van der Waals surface area contributed by atoms with E-state index in [1.165, 1.54) is 17.8 Å². The normalized spacial score (nSPS) is 16.7. The summed E-state index contributed by atoms with van der Waals surface area (Å²) >= 11 is 6.64. The number of rotatable bonds is 8. The van der Waals surface area contributed by atoms with Gasteiger partial charge in [0.2, 0.25) is 0 Å². The zero-order valence-corrected chi connectivity index (χ0v) is 23.9. The number of morpholine rings is 1. The van der Waals surface area contributed by atoms with E-state index < -0.39 is 24.3 Å². The standard InChI is InChI=1S/C30H26F3N3O4S2/c31-30(32,33)22-8-11-25(35-12-14-39-15-13-35)24(17-22)34-27(37)19-40-23-9-6-20(7-10-23)16-26-28(38)36(29(41)42-26)18-21-4-2-1-3-5-21/h1-11,16-17H,12-15,18-19H2,(H,34,37). The molecule has 0 bridgehead atoms. The lowest BCUT2D eigenvalue weighted by atomic mass is 10.1. The van der Waals surface area contributed by atoms with Crippen molar-refractivity contribution in [3.63, 3.8) is 0 Å². The SMILES string of the molecule is O=C(COc1ccc(C=C2SC(=S)N(Cc3ccccc3)C2=O)cc1)Nc1cc(C(F)(F)F)ccc1N1CCOCC1. The Bertz CT molecular complexity index is 1490. The maximum Gasteiger partial charge on any atom is 0.416 e. The number of nitrogens with one attached hydrogen (secondary N) is 1. The average Bonchev–Trinajstić information content (AvgIpc) is 3.24. The summed E-state index contributed by atoms with van der Waals surface area (Å²) in [6.07, 6.45) is -2.81. The molecular weight excluding hydrogens is 587 g/mol. The molecule has 2 heterocycles. The van der Waals surface area contributed by atoms with Gasteiger partial charge in [0.25, 0.3) is 11.8 Å². The first-order chi connectivity index (χ1) is 20.2. The molecule has 0 unspecified atom stereocenters. The van der Waals surface area contributed by atoms with Crippen LogP contribution >= 0.6 is 24.0 Å². The topological polar surface area (TPSA) is 71.1 Å². The lowest BCUT2D eigenvalue weighted by Crippen LogP contribution is -2.37. The number of carbonyl (C=O) groups excluding carboxylic acids is 2. The first-order valence-corrected chi connectivity index (χ1v) is 14.3. The van der Waals surface area contributed by atoms with Crippen LogP contribution in [0.25, 0.3) is 6.08 Å². The highest BCUT2D eigenvalue weighted by molar-refractivity contribution is 8.26. The number of alkyl halides is 3. The lowest BCUT2D eigenvalue weighted by molar-refractivity contribution is -0.137. The van der Waals surface area contributed by atoms with Crippen LogP contribution in [0.2, 0.25) is 0 Å². The van der Waals surface area contributed by atoms with Crippen LogP contribution in [0, 0.1) is 0 Å². The molecule has 2 aliphatic heterocycles. The minimum atomic E-state index is -4.55. The van der Waals surface area contributed by atoms with E-state index in [2.05, 4.69) is 5.32 Å². The number of hydrogen-bond acceptors (Lipinski definition) is 7. The van der Waals surface area contributed by atoms with Crippen molar-refractivity contribution in [2.45, 2.75) is 12.7 Å². The van der Waals surface area contributed by atoms with E-state index in [0.717, 1.165) is 23.3 Å². The quantitative estimate of drug-likeness (QED) is 0.248. The minimum absolute atomic E-state index is 0.0558. The molecule has 0 aliphatic carbocycles. The van der Waals surface area contributed by atoms with Crippen molar-refractivity contribution in [2.24, 2.45) is 0 Å². The fourth-order valence-corrected chi connectivity index (χ4v) is 5.70. The lowest BCUT2D eigenvalue weighted by Gasteiger charge is -2.31. The molecule has 0 radical (unpaired) electrons. The Morgan fingerprint density at radius 3 is 2.45 bits per heavy atom. The molecule has 3 aromatic carbocycles. The monoisotopic (exact) mass is 613 g/mol. The van der Waals surface area contributed by atoms with Gasteiger partial charge >= 0.3 is 6.18 Å². The number of amides is 2. The van der Waals surface area contributed by atoms with Gasteiger partial charge in [0.1, 0.15) is 10.1 Å². The third-order valence-corrected chi connectivity index (χ3v) is 7.93. The summed E-state index contributed by atoms with van der Waals surface area (Å²) in [4.78, 5) is 29.5. The summed E-state index contributed by atoms with van der Waals surface area (Å²) < 4.78 is 51.5. The van der Waals surface area contributed by atoms with Gasteiger partial charge in [-0.3, -0.25) is 14.5 Å². The van der Waals surface area contributed by atoms with Crippen molar-refractivity contribution in [3.8, 4) is 5.75 Å². The van der Waals surface area contributed by atoms with E-state index in [1.54, 1.807) is 35.2 Å². The summed E-state index contributed by atoms with van der Waals surface area (Å²) in [7, 11) is 0. The highest BCUT2D eigenvalue weighted by Crippen LogP contribution is 2.36. The number of thiocarbonyl (C=S) groups is 1. The number of thioether (sulfide) groups is 1. The maximum absolute atomic E-state index is 13.4. The van der Waals surface area contributed by atoms with Crippen LogP contribution in [-0.2, 0) is 27.0 Å².